The second kappa shape index (κ2) is 7.29. The number of hydrogen-bond donors (Lipinski definition) is 2. The molecule has 2 rings (SSSR count). The van der Waals surface area contributed by atoms with Crippen LogP contribution in [0.25, 0.3) is 0 Å². The SMILES string of the molecule is COc1cc(CN(C)CC2CCNCC2)cc(Br)c1O. The minimum absolute atomic E-state index is 0.164. The van der Waals surface area contributed by atoms with Crippen LogP contribution in [-0.4, -0.2) is 43.8 Å². The van der Waals surface area contributed by atoms with Crippen LogP contribution in [0.2, 0.25) is 0 Å². The summed E-state index contributed by atoms with van der Waals surface area (Å²) in [7, 11) is 3.72. The van der Waals surface area contributed by atoms with Gasteiger partial charge < -0.3 is 20.1 Å². The summed E-state index contributed by atoms with van der Waals surface area (Å²) in [5.41, 5.74) is 1.14. The van der Waals surface area contributed by atoms with Gasteiger partial charge in [0.15, 0.2) is 11.5 Å². The molecule has 1 aliphatic rings. The number of benzene rings is 1. The van der Waals surface area contributed by atoms with Crippen molar-refractivity contribution in [3.8, 4) is 11.5 Å². The van der Waals surface area contributed by atoms with Crippen molar-refractivity contribution < 1.29 is 9.84 Å². The van der Waals surface area contributed by atoms with Gasteiger partial charge in [0.05, 0.1) is 11.6 Å². The van der Waals surface area contributed by atoms with Crippen LogP contribution >= 0.6 is 15.9 Å². The van der Waals surface area contributed by atoms with Crippen LogP contribution in [0.15, 0.2) is 16.6 Å². The summed E-state index contributed by atoms with van der Waals surface area (Å²) in [6.45, 7) is 4.25. The van der Waals surface area contributed by atoms with Crippen LogP contribution < -0.4 is 10.1 Å². The van der Waals surface area contributed by atoms with Gasteiger partial charge in [0.2, 0.25) is 0 Å². The number of methoxy groups -OCH3 is 1. The Hall–Kier alpha value is -0.780. The Morgan fingerprint density at radius 3 is 2.75 bits per heavy atom. The van der Waals surface area contributed by atoms with Crippen LogP contribution in [0.5, 0.6) is 11.5 Å². The first-order valence-electron chi connectivity index (χ1n) is 7.04. The lowest BCUT2D eigenvalue weighted by Crippen LogP contribution is -2.34. The topological polar surface area (TPSA) is 44.7 Å². The number of piperidine rings is 1. The quantitative estimate of drug-likeness (QED) is 0.863. The molecule has 0 atom stereocenters. The number of nitrogens with zero attached hydrogens (tertiary/aromatic N) is 1. The third-order valence-corrected chi connectivity index (χ3v) is 4.39. The summed E-state index contributed by atoms with van der Waals surface area (Å²) in [6.07, 6.45) is 2.51. The van der Waals surface area contributed by atoms with Crippen LogP contribution in [0, 0.1) is 5.92 Å². The van der Waals surface area contributed by atoms with Gasteiger partial charge in [-0.05, 0) is 72.5 Å². The molecular formula is C15H23BrN2O2. The molecule has 1 aliphatic heterocycles. The van der Waals surface area contributed by atoms with Gasteiger partial charge >= 0.3 is 0 Å². The molecule has 0 aliphatic carbocycles. The number of phenols is 1. The number of nitrogens with one attached hydrogen (secondary N) is 1. The van der Waals surface area contributed by atoms with Gasteiger partial charge in [0, 0.05) is 13.1 Å². The Balaban J connectivity index is 1.96. The monoisotopic (exact) mass is 342 g/mol. The molecule has 0 saturated carbocycles. The first-order valence-corrected chi connectivity index (χ1v) is 7.84. The van der Waals surface area contributed by atoms with E-state index in [1.54, 1.807) is 7.11 Å². The number of aromatic hydroxyl groups is 1. The third kappa shape index (κ3) is 4.11. The number of phenolic OH excluding ortho intramolecular Hbond substituents is 1. The molecular weight excluding hydrogens is 320 g/mol. The highest BCUT2D eigenvalue weighted by atomic mass is 79.9. The molecule has 0 unspecified atom stereocenters. The van der Waals surface area contributed by atoms with Crippen molar-refractivity contribution in [2.75, 3.05) is 33.8 Å². The number of rotatable bonds is 5. The van der Waals surface area contributed by atoms with E-state index in [4.69, 9.17) is 4.74 Å². The zero-order chi connectivity index (χ0) is 14.5. The van der Waals surface area contributed by atoms with Gasteiger partial charge in [-0.2, -0.15) is 0 Å². The zero-order valence-corrected chi connectivity index (χ0v) is 13.7. The van der Waals surface area contributed by atoms with E-state index in [9.17, 15) is 5.11 Å². The van der Waals surface area contributed by atoms with Gasteiger partial charge in [-0.15, -0.1) is 0 Å². The van der Waals surface area contributed by atoms with Gasteiger partial charge in [-0.25, -0.2) is 0 Å². The third-order valence-electron chi connectivity index (χ3n) is 3.79. The Morgan fingerprint density at radius 2 is 2.10 bits per heavy atom. The van der Waals surface area contributed by atoms with Gasteiger partial charge in [-0.3, -0.25) is 0 Å². The van der Waals surface area contributed by atoms with E-state index in [-0.39, 0.29) is 5.75 Å². The Kier molecular flexibility index (Phi) is 5.69. The van der Waals surface area contributed by atoms with Gasteiger partial charge in [0.25, 0.3) is 0 Å². The molecule has 5 heteroatoms. The first-order chi connectivity index (χ1) is 9.60. The van der Waals surface area contributed by atoms with Gasteiger partial charge in [-0.1, -0.05) is 0 Å². The molecule has 2 N–H and O–H groups in total. The lowest BCUT2D eigenvalue weighted by Gasteiger charge is -2.27. The van der Waals surface area contributed by atoms with Crippen molar-refractivity contribution in [1.82, 2.24) is 10.2 Å². The molecule has 0 radical (unpaired) electrons. The van der Waals surface area contributed by atoms with Crippen LogP contribution in [0.1, 0.15) is 18.4 Å². The molecule has 0 spiro atoms. The minimum atomic E-state index is 0.164. The Labute approximate surface area is 129 Å². The summed E-state index contributed by atoms with van der Waals surface area (Å²) in [5, 5.41) is 13.2. The number of ether oxygens (including phenoxy) is 1. The maximum Gasteiger partial charge on any atom is 0.172 e. The first kappa shape index (κ1) is 15.6. The highest BCUT2D eigenvalue weighted by Crippen LogP contribution is 2.35. The van der Waals surface area contributed by atoms with Crippen molar-refractivity contribution in [3.63, 3.8) is 0 Å². The minimum Gasteiger partial charge on any atom is -0.503 e. The van der Waals surface area contributed by atoms with E-state index in [0.29, 0.717) is 10.2 Å². The summed E-state index contributed by atoms with van der Waals surface area (Å²) in [5.74, 6) is 1.46. The maximum atomic E-state index is 9.82. The molecule has 1 saturated heterocycles. The summed E-state index contributed by atoms with van der Waals surface area (Å²) < 4.78 is 5.87. The van der Waals surface area contributed by atoms with Crippen molar-refractivity contribution >= 4 is 15.9 Å². The second-order valence-corrected chi connectivity index (χ2v) is 6.37. The largest absolute Gasteiger partial charge is 0.503 e. The molecule has 1 fully saturated rings. The highest BCUT2D eigenvalue weighted by molar-refractivity contribution is 9.10. The van der Waals surface area contributed by atoms with Crippen molar-refractivity contribution in [1.29, 1.82) is 0 Å². The van der Waals surface area contributed by atoms with Crippen LogP contribution in [-0.2, 0) is 6.54 Å². The van der Waals surface area contributed by atoms with Gasteiger partial charge in [0.1, 0.15) is 0 Å². The predicted octanol–water partition coefficient (Wildman–Crippen LogP) is 2.59. The standard InChI is InChI=1S/C15H23BrN2O2/c1-18(9-11-3-5-17-6-4-11)10-12-7-13(16)15(19)14(8-12)20-2/h7-8,11,17,19H,3-6,9-10H2,1-2H3. The maximum absolute atomic E-state index is 9.82. The Bertz CT molecular complexity index is 448. The molecule has 1 aromatic carbocycles. The number of hydrogen-bond acceptors (Lipinski definition) is 4. The average molecular weight is 343 g/mol. The summed E-state index contributed by atoms with van der Waals surface area (Å²) >= 11 is 3.37. The molecule has 4 nitrogen and oxygen atoms in total. The average Bonchev–Trinajstić information content (AvgIpc) is 2.43. The fourth-order valence-electron chi connectivity index (χ4n) is 2.76. The molecule has 0 bridgehead atoms. The molecule has 0 aromatic heterocycles. The highest BCUT2D eigenvalue weighted by Gasteiger charge is 2.16. The molecule has 112 valence electrons. The molecule has 1 heterocycles. The normalized spacial score (nSPS) is 16.6. The molecule has 1 aromatic rings. The van der Waals surface area contributed by atoms with Crippen molar-refractivity contribution in [3.05, 3.63) is 22.2 Å². The van der Waals surface area contributed by atoms with Crippen LogP contribution in [0.4, 0.5) is 0 Å². The predicted molar refractivity (Wildman–Crippen MR) is 84.3 cm³/mol. The summed E-state index contributed by atoms with van der Waals surface area (Å²) in [4.78, 5) is 2.34. The van der Waals surface area contributed by atoms with E-state index in [1.807, 2.05) is 12.1 Å². The van der Waals surface area contributed by atoms with E-state index >= 15 is 0 Å². The second-order valence-electron chi connectivity index (χ2n) is 5.52. The zero-order valence-electron chi connectivity index (χ0n) is 12.2. The fourth-order valence-corrected chi connectivity index (χ4v) is 3.24. The molecule has 0 amide bonds. The van der Waals surface area contributed by atoms with E-state index in [2.05, 4.69) is 33.2 Å². The summed E-state index contributed by atoms with van der Waals surface area (Å²) in [6, 6.07) is 3.86. The van der Waals surface area contributed by atoms with Crippen molar-refractivity contribution in [2.24, 2.45) is 5.92 Å². The van der Waals surface area contributed by atoms with Crippen molar-refractivity contribution in [2.45, 2.75) is 19.4 Å². The molecule has 20 heavy (non-hydrogen) atoms. The fraction of sp³-hybridized carbons (Fsp3) is 0.600. The number of halogens is 1. The van der Waals surface area contributed by atoms with E-state index in [0.717, 1.165) is 37.7 Å². The van der Waals surface area contributed by atoms with E-state index in [1.165, 1.54) is 12.8 Å². The van der Waals surface area contributed by atoms with Crippen LogP contribution in [0.3, 0.4) is 0 Å². The Morgan fingerprint density at radius 1 is 1.40 bits per heavy atom. The smallest absolute Gasteiger partial charge is 0.172 e. The lowest BCUT2D eigenvalue weighted by molar-refractivity contribution is 0.234. The lowest BCUT2D eigenvalue weighted by atomic mass is 9.97. The van der Waals surface area contributed by atoms with E-state index < -0.39 is 0 Å².